The molecule has 2 aliphatic carbocycles. The van der Waals surface area contributed by atoms with Crippen molar-refractivity contribution < 1.29 is 9.59 Å². The second kappa shape index (κ2) is 4.59. The van der Waals surface area contributed by atoms with E-state index in [0.717, 1.165) is 11.1 Å². The van der Waals surface area contributed by atoms with E-state index in [0.29, 0.717) is 24.0 Å². The predicted octanol–water partition coefficient (Wildman–Crippen LogP) is 2.28. The molecule has 0 aromatic heterocycles. The highest BCUT2D eigenvalue weighted by molar-refractivity contribution is 5.67. The van der Waals surface area contributed by atoms with Crippen LogP contribution in [0.2, 0.25) is 0 Å². The molecule has 0 saturated carbocycles. The number of allylic oxidation sites excluding steroid dienone is 10. The van der Waals surface area contributed by atoms with Gasteiger partial charge in [0.25, 0.3) is 0 Å². The molecule has 0 saturated heterocycles. The lowest BCUT2D eigenvalue weighted by molar-refractivity contribution is 0.566. The van der Waals surface area contributed by atoms with E-state index in [4.69, 9.17) is 0 Å². The van der Waals surface area contributed by atoms with Crippen molar-refractivity contribution in [2.75, 3.05) is 0 Å². The molecular formula is C14H10O2. The van der Waals surface area contributed by atoms with Crippen LogP contribution in [0.3, 0.4) is 0 Å². The highest BCUT2D eigenvalue weighted by Gasteiger charge is 2.09. The lowest BCUT2D eigenvalue weighted by Crippen LogP contribution is -1.95. The van der Waals surface area contributed by atoms with Gasteiger partial charge in [-0.3, -0.25) is 0 Å². The minimum atomic E-state index is 0.625. The first kappa shape index (κ1) is 10.4. The summed E-state index contributed by atoms with van der Waals surface area (Å²) in [6.45, 7) is 0. The van der Waals surface area contributed by atoms with Crippen molar-refractivity contribution in [3.05, 3.63) is 58.7 Å². The van der Waals surface area contributed by atoms with Gasteiger partial charge in [-0.15, -0.1) is 0 Å². The van der Waals surface area contributed by atoms with Crippen LogP contribution in [0.5, 0.6) is 0 Å². The fraction of sp³-hybridized carbons (Fsp3) is 0.143. The Bertz CT molecular complexity index is 479. The van der Waals surface area contributed by atoms with E-state index in [1.54, 1.807) is 12.2 Å². The summed E-state index contributed by atoms with van der Waals surface area (Å²) < 4.78 is 0. The average molecular weight is 210 g/mol. The maximum Gasteiger partial charge on any atom is 0.128 e. The van der Waals surface area contributed by atoms with E-state index >= 15 is 0 Å². The molecule has 0 unspecified atom stereocenters. The van der Waals surface area contributed by atoms with Crippen LogP contribution in [0.1, 0.15) is 12.8 Å². The van der Waals surface area contributed by atoms with Crippen LogP contribution in [0.15, 0.2) is 58.7 Å². The van der Waals surface area contributed by atoms with Gasteiger partial charge in [0, 0.05) is 24.0 Å². The van der Waals surface area contributed by atoms with Crippen LogP contribution in [-0.2, 0) is 9.59 Å². The quantitative estimate of drug-likeness (QED) is 0.622. The Balaban J connectivity index is 2.39. The first-order chi connectivity index (χ1) is 7.83. The van der Waals surface area contributed by atoms with Crippen molar-refractivity contribution in [1.29, 1.82) is 0 Å². The molecule has 78 valence electrons. The summed E-state index contributed by atoms with van der Waals surface area (Å²) in [4.78, 5) is 21.1. The molecule has 2 aliphatic rings. The third-order valence-corrected chi connectivity index (χ3v) is 2.53. The van der Waals surface area contributed by atoms with Crippen molar-refractivity contribution >= 4 is 11.9 Å². The summed E-state index contributed by atoms with van der Waals surface area (Å²) in [6.07, 6.45) is 12.6. The lowest BCUT2D eigenvalue weighted by Gasteiger charge is -2.11. The van der Waals surface area contributed by atoms with Gasteiger partial charge in [0.1, 0.15) is 11.9 Å². The van der Waals surface area contributed by atoms with Gasteiger partial charge in [-0.1, -0.05) is 24.3 Å². The monoisotopic (exact) mass is 210 g/mol. The van der Waals surface area contributed by atoms with Gasteiger partial charge in [-0.2, -0.15) is 0 Å². The second-order valence-electron chi connectivity index (χ2n) is 3.67. The third-order valence-electron chi connectivity index (χ3n) is 2.53. The van der Waals surface area contributed by atoms with E-state index < -0.39 is 0 Å². The molecule has 2 nitrogen and oxygen atoms in total. The van der Waals surface area contributed by atoms with E-state index in [2.05, 4.69) is 0 Å². The van der Waals surface area contributed by atoms with Crippen LogP contribution in [0.4, 0.5) is 0 Å². The molecule has 0 atom stereocenters. The van der Waals surface area contributed by atoms with Gasteiger partial charge in [0.05, 0.1) is 0 Å². The third kappa shape index (κ3) is 2.09. The Labute approximate surface area is 93.7 Å². The SMILES string of the molecule is O=C=C1C=C(C2=CC(=C=O)CC=C2)C=CC1. The summed E-state index contributed by atoms with van der Waals surface area (Å²) in [7, 11) is 0. The normalized spacial score (nSPS) is 18.8. The van der Waals surface area contributed by atoms with Crippen LogP contribution in [0.25, 0.3) is 0 Å². The summed E-state index contributed by atoms with van der Waals surface area (Å²) in [6, 6.07) is 0. The van der Waals surface area contributed by atoms with E-state index in [1.807, 2.05) is 36.2 Å². The molecule has 2 heteroatoms. The first-order valence-electron chi connectivity index (χ1n) is 5.08. The molecule has 0 bridgehead atoms. The largest absolute Gasteiger partial charge is 0.233 e. The molecule has 0 radical (unpaired) electrons. The molecule has 16 heavy (non-hydrogen) atoms. The zero-order valence-electron chi connectivity index (χ0n) is 8.69. The van der Waals surface area contributed by atoms with Crippen LogP contribution >= 0.6 is 0 Å². The molecule has 2 rings (SSSR count). The smallest absolute Gasteiger partial charge is 0.128 e. The van der Waals surface area contributed by atoms with Gasteiger partial charge >= 0.3 is 0 Å². The Morgan fingerprint density at radius 2 is 1.25 bits per heavy atom. The second-order valence-corrected chi connectivity index (χ2v) is 3.67. The molecule has 0 heterocycles. The maximum atomic E-state index is 10.6. The van der Waals surface area contributed by atoms with Crippen LogP contribution < -0.4 is 0 Å². The number of carbonyl (C=O) groups excluding carboxylic acids is 2. The number of hydrogen-bond acceptors (Lipinski definition) is 2. The van der Waals surface area contributed by atoms with Crippen LogP contribution in [-0.4, -0.2) is 11.9 Å². The highest BCUT2D eigenvalue weighted by atomic mass is 16.1. The van der Waals surface area contributed by atoms with Gasteiger partial charge < -0.3 is 0 Å². The van der Waals surface area contributed by atoms with Crippen LogP contribution in [0, 0.1) is 0 Å². The summed E-state index contributed by atoms with van der Waals surface area (Å²) in [5.74, 6) is 3.80. The molecule has 0 aromatic rings. The van der Waals surface area contributed by atoms with Gasteiger partial charge in [0.2, 0.25) is 0 Å². The van der Waals surface area contributed by atoms with Gasteiger partial charge in [-0.05, 0) is 23.3 Å². The topological polar surface area (TPSA) is 34.1 Å². The zero-order valence-corrected chi connectivity index (χ0v) is 8.69. The molecule has 0 spiro atoms. The summed E-state index contributed by atoms with van der Waals surface area (Å²) >= 11 is 0. The van der Waals surface area contributed by atoms with Gasteiger partial charge in [-0.25, -0.2) is 9.59 Å². The fourth-order valence-electron chi connectivity index (χ4n) is 1.72. The Morgan fingerprint density at radius 1 is 0.812 bits per heavy atom. The molecule has 0 aromatic carbocycles. The van der Waals surface area contributed by atoms with Gasteiger partial charge in [0.15, 0.2) is 0 Å². The predicted molar refractivity (Wildman–Crippen MR) is 62.1 cm³/mol. The van der Waals surface area contributed by atoms with Crippen molar-refractivity contribution in [3.8, 4) is 0 Å². The minimum Gasteiger partial charge on any atom is -0.233 e. The van der Waals surface area contributed by atoms with Crippen molar-refractivity contribution in [1.82, 2.24) is 0 Å². The minimum absolute atomic E-state index is 0.625. The summed E-state index contributed by atoms with van der Waals surface area (Å²) in [5, 5.41) is 0. The standard InChI is InChI=1S/C14H10O2/c15-9-11-3-1-5-13(7-11)14-6-2-4-12(8-14)10-16/h1-2,5-8H,3-4H2. The average Bonchev–Trinajstić information content (AvgIpc) is 2.39. The van der Waals surface area contributed by atoms with Crippen molar-refractivity contribution in [3.63, 3.8) is 0 Å². The summed E-state index contributed by atoms with van der Waals surface area (Å²) in [5.41, 5.74) is 3.14. The Hall–Kier alpha value is -2.14. The van der Waals surface area contributed by atoms with E-state index in [1.165, 1.54) is 0 Å². The Kier molecular flexibility index (Phi) is 2.98. The fourth-order valence-corrected chi connectivity index (χ4v) is 1.72. The molecule has 0 amide bonds. The zero-order chi connectivity index (χ0) is 11.4. The Morgan fingerprint density at radius 3 is 1.62 bits per heavy atom. The van der Waals surface area contributed by atoms with E-state index in [-0.39, 0.29) is 0 Å². The molecule has 0 aliphatic heterocycles. The molecule has 0 N–H and O–H groups in total. The molecule has 0 fully saturated rings. The molecular weight excluding hydrogens is 200 g/mol. The highest BCUT2D eigenvalue weighted by Crippen LogP contribution is 2.25. The van der Waals surface area contributed by atoms with Crippen molar-refractivity contribution in [2.45, 2.75) is 12.8 Å². The van der Waals surface area contributed by atoms with Crippen molar-refractivity contribution in [2.24, 2.45) is 0 Å². The van der Waals surface area contributed by atoms with E-state index in [9.17, 15) is 9.59 Å². The number of hydrogen-bond donors (Lipinski definition) is 0. The first-order valence-corrected chi connectivity index (χ1v) is 5.08. The lowest BCUT2D eigenvalue weighted by atomic mass is 9.92. The maximum absolute atomic E-state index is 10.6. The number of rotatable bonds is 1.